The highest BCUT2D eigenvalue weighted by Gasteiger charge is 2.26. The van der Waals surface area contributed by atoms with E-state index in [0.717, 1.165) is 5.69 Å². The summed E-state index contributed by atoms with van der Waals surface area (Å²) in [5.74, 6) is 0.0288. The number of aromatic nitrogens is 3. The van der Waals surface area contributed by atoms with Gasteiger partial charge in [-0.15, -0.1) is 0 Å². The molecule has 0 saturated carbocycles. The van der Waals surface area contributed by atoms with E-state index in [9.17, 15) is 9.59 Å². The van der Waals surface area contributed by atoms with Crippen LogP contribution in [0.5, 0.6) is 5.88 Å². The molecule has 9 nitrogen and oxygen atoms in total. The summed E-state index contributed by atoms with van der Waals surface area (Å²) in [6.45, 7) is 1.41. The van der Waals surface area contributed by atoms with E-state index in [2.05, 4.69) is 20.7 Å². The molecule has 1 aliphatic heterocycles. The average molecular weight is 359 g/mol. The Morgan fingerprint density at radius 1 is 1.31 bits per heavy atom. The number of pyridine rings is 1. The molecule has 0 aliphatic carbocycles. The minimum atomic E-state index is -0.228. The Morgan fingerprint density at radius 3 is 2.81 bits per heavy atom. The van der Waals surface area contributed by atoms with E-state index in [0.29, 0.717) is 43.3 Å². The van der Waals surface area contributed by atoms with Gasteiger partial charge >= 0.3 is 0 Å². The van der Waals surface area contributed by atoms with E-state index in [1.165, 1.54) is 13.3 Å². The third-order valence-electron chi connectivity index (χ3n) is 4.08. The topological polar surface area (TPSA) is 107 Å². The number of hydrogen-bond donors (Lipinski definition) is 2. The van der Waals surface area contributed by atoms with Gasteiger partial charge in [0, 0.05) is 38.0 Å². The molecular weight excluding hydrogens is 338 g/mol. The summed E-state index contributed by atoms with van der Waals surface area (Å²) in [6.07, 6.45) is 2.10. The van der Waals surface area contributed by atoms with Crippen molar-refractivity contribution in [3.63, 3.8) is 0 Å². The van der Waals surface area contributed by atoms with Crippen LogP contribution in [0.4, 0.5) is 0 Å². The molecule has 0 bridgehead atoms. The van der Waals surface area contributed by atoms with Gasteiger partial charge in [-0.2, -0.15) is 5.10 Å². The van der Waals surface area contributed by atoms with Gasteiger partial charge in [-0.3, -0.25) is 14.3 Å². The Kier molecular flexibility index (Phi) is 5.47. The maximum atomic E-state index is 12.3. The van der Waals surface area contributed by atoms with Crippen molar-refractivity contribution in [2.24, 2.45) is 0 Å². The summed E-state index contributed by atoms with van der Waals surface area (Å²) >= 11 is 0. The van der Waals surface area contributed by atoms with Crippen LogP contribution in [-0.4, -0.2) is 60.0 Å². The van der Waals surface area contributed by atoms with Crippen LogP contribution < -0.4 is 15.4 Å². The standard InChI is InChI=1S/C17H21N5O4/c1-25-6-5-18-17(24)14-8-13-7-12(10-22(13)21-14)20-16(23)11-3-4-15(26-2)19-9-11/h3-4,8-9,12H,5-7,10H2,1-2H3,(H,18,24)(H,20,23). The smallest absolute Gasteiger partial charge is 0.271 e. The summed E-state index contributed by atoms with van der Waals surface area (Å²) in [5.41, 5.74) is 1.76. The van der Waals surface area contributed by atoms with Gasteiger partial charge in [-0.05, 0) is 12.1 Å². The third kappa shape index (κ3) is 3.99. The predicted octanol–water partition coefficient (Wildman–Crippen LogP) is 0.0176. The molecule has 2 aromatic rings. The first-order valence-corrected chi connectivity index (χ1v) is 8.25. The second-order valence-electron chi connectivity index (χ2n) is 5.92. The molecule has 2 amide bonds. The summed E-state index contributed by atoms with van der Waals surface area (Å²) in [4.78, 5) is 28.3. The van der Waals surface area contributed by atoms with E-state index < -0.39 is 0 Å². The molecule has 1 unspecified atom stereocenters. The van der Waals surface area contributed by atoms with Gasteiger partial charge in [0.25, 0.3) is 11.8 Å². The summed E-state index contributed by atoms with van der Waals surface area (Å²) in [6, 6.07) is 4.99. The highest BCUT2D eigenvalue weighted by molar-refractivity contribution is 5.94. The van der Waals surface area contributed by atoms with Gasteiger partial charge in [-0.1, -0.05) is 0 Å². The van der Waals surface area contributed by atoms with Crippen molar-refractivity contribution in [1.82, 2.24) is 25.4 Å². The maximum absolute atomic E-state index is 12.3. The molecule has 0 fully saturated rings. The van der Waals surface area contributed by atoms with E-state index in [-0.39, 0.29) is 17.9 Å². The van der Waals surface area contributed by atoms with Crippen molar-refractivity contribution in [1.29, 1.82) is 0 Å². The summed E-state index contributed by atoms with van der Waals surface area (Å²) < 4.78 is 11.6. The van der Waals surface area contributed by atoms with Crippen LogP contribution in [0.25, 0.3) is 0 Å². The fraction of sp³-hybridized carbons (Fsp3) is 0.412. The molecule has 3 rings (SSSR count). The summed E-state index contributed by atoms with van der Waals surface area (Å²) in [5, 5.41) is 10.0. The minimum absolute atomic E-state index is 0.0716. The lowest BCUT2D eigenvalue weighted by atomic mass is 10.2. The van der Waals surface area contributed by atoms with Gasteiger partial charge in [0.05, 0.1) is 31.9 Å². The van der Waals surface area contributed by atoms with Gasteiger partial charge in [-0.25, -0.2) is 4.98 Å². The minimum Gasteiger partial charge on any atom is -0.481 e. The SMILES string of the molecule is COCCNC(=O)c1cc2n(n1)CC(NC(=O)c1ccc(OC)nc1)C2. The zero-order valence-electron chi connectivity index (χ0n) is 14.7. The number of fused-ring (bicyclic) bond motifs is 1. The van der Waals surface area contributed by atoms with Crippen LogP contribution in [0.1, 0.15) is 26.5 Å². The Bertz CT molecular complexity index is 763. The summed E-state index contributed by atoms with van der Waals surface area (Å²) in [7, 11) is 3.10. The third-order valence-corrected chi connectivity index (χ3v) is 4.08. The zero-order valence-corrected chi connectivity index (χ0v) is 14.7. The normalized spacial score (nSPS) is 15.4. The second kappa shape index (κ2) is 7.96. The van der Waals surface area contributed by atoms with E-state index in [1.54, 1.807) is 30.0 Å². The highest BCUT2D eigenvalue weighted by atomic mass is 16.5. The van der Waals surface area contributed by atoms with Crippen molar-refractivity contribution >= 4 is 11.8 Å². The van der Waals surface area contributed by atoms with Crippen molar-refractivity contribution in [3.8, 4) is 5.88 Å². The molecule has 1 aliphatic rings. The van der Waals surface area contributed by atoms with Crippen LogP contribution in [0, 0.1) is 0 Å². The lowest BCUT2D eigenvalue weighted by molar-refractivity contribution is 0.0921. The monoisotopic (exact) mass is 359 g/mol. The molecular formula is C17H21N5O4. The predicted molar refractivity (Wildman–Crippen MR) is 92.2 cm³/mol. The van der Waals surface area contributed by atoms with Crippen molar-refractivity contribution in [3.05, 3.63) is 41.3 Å². The molecule has 0 radical (unpaired) electrons. The van der Waals surface area contributed by atoms with Crippen LogP contribution in [0.2, 0.25) is 0 Å². The Hall–Kier alpha value is -2.94. The number of hydrogen-bond acceptors (Lipinski definition) is 6. The first kappa shape index (κ1) is 17.9. The number of carbonyl (C=O) groups excluding carboxylic acids is 2. The van der Waals surface area contributed by atoms with Crippen LogP contribution >= 0.6 is 0 Å². The first-order valence-electron chi connectivity index (χ1n) is 8.25. The first-order chi connectivity index (χ1) is 12.6. The number of nitrogens with one attached hydrogen (secondary N) is 2. The van der Waals surface area contributed by atoms with Gasteiger partial charge < -0.3 is 20.1 Å². The quantitative estimate of drug-likeness (QED) is 0.675. The van der Waals surface area contributed by atoms with Crippen LogP contribution in [0.3, 0.4) is 0 Å². The molecule has 2 aromatic heterocycles. The molecule has 9 heteroatoms. The lowest BCUT2D eigenvalue weighted by Crippen LogP contribution is -2.36. The van der Waals surface area contributed by atoms with Gasteiger partial charge in [0.1, 0.15) is 5.69 Å². The number of methoxy groups -OCH3 is 2. The largest absolute Gasteiger partial charge is 0.481 e. The van der Waals surface area contributed by atoms with Crippen molar-refractivity contribution in [2.45, 2.75) is 19.0 Å². The number of carbonyl (C=O) groups is 2. The molecule has 1 atom stereocenters. The number of amides is 2. The van der Waals surface area contributed by atoms with Crippen molar-refractivity contribution < 1.29 is 19.1 Å². The van der Waals surface area contributed by atoms with E-state index in [4.69, 9.17) is 9.47 Å². The number of ether oxygens (including phenoxy) is 2. The fourth-order valence-corrected chi connectivity index (χ4v) is 2.77. The molecule has 3 heterocycles. The lowest BCUT2D eigenvalue weighted by Gasteiger charge is -2.12. The molecule has 0 spiro atoms. The van der Waals surface area contributed by atoms with Gasteiger partial charge in [0.15, 0.2) is 0 Å². The van der Waals surface area contributed by atoms with Gasteiger partial charge in [0.2, 0.25) is 5.88 Å². The Morgan fingerprint density at radius 2 is 2.15 bits per heavy atom. The van der Waals surface area contributed by atoms with E-state index >= 15 is 0 Å². The number of nitrogens with zero attached hydrogens (tertiary/aromatic N) is 3. The molecule has 138 valence electrons. The Labute approximate surface area is 150 Å². The second-order valence-corrected chi connectivity index (χ2v) is 5.92. The zero-order chi connectivity index (χ0) is 18.5. The van der Waals surface area contributed by atoms with E-state index in [1.807, 2.05) is 0 Å². The number of rotatable bonds is 7. The molecule has 0 saturated heterocycles. The molecule has 0 aromatic carbocycles. The molecule has 26 heavy (non-hydrogen) atoms. The Balaban J connectivity index is 1.54. The van der Waals surface area contributed by atoms with Crippen molar-refractivity contribution in [2.75, 3.05) is 27.4 Å². The maximum Gasteiger partial charge on any atom is 0.271 e. The average Bonchev–Trinajstić information content (AvgIpc) is 3.20. The van der Waals surface area contributed by atoms with Crippen LogP contribution in [0.15, 0.2) is 24.4 Å². The highest BCUT2D eigenvalue weighted by Crippen LogP contribution is 2.17. The molecule has 2 N–H and O–H groups in total. The fourth-order valence-electron chi connectivity index (χ4n) is 2.77. The van der Waals surface area contributed by atoms with Crippen LogP contribution in [-0.2, 0) is 17.7 Å².